The van der Waals surface area contributed by atoms with Crippen LogP contribution in [-0.4, -0.2) is 43.6 Å². The molecule has 6 nitrogen and oxygen atoms in total. The van der Waals surface area contributed by atoms with E-state index in [2.05, 4.69) is 10.5 Å². The summed E-state index contributed by atoms with van der Waals surface area (Å²) in [6.07, 6.45) is 0. The van der Waals surface area contributed by atoms with Crippen molar-refractivity contribution in [3.63, 3.8) is 0 Å². The monoisotopic (exact) mass is 259 g/mol. The first-order valence-electron chi connectivity index (χ1n) is 5.60. The lowest BCUT2D eigenvalue weighted by atomic mass is 10.3. The Kier molecular flexibility index (Phi) is 3.24. The minimum atomic E-state index is -3.49. The van der Waals surface area contributed by atoms with Gasteiger partial charge in [-0.05, 0) is 20.8 Å². The second-order valence-electron chi connectivity index (χ2n) is 4.32. The van der Waals surface area contributed by atoms with Crippen molar-refractivity contribution in [3.8, 4) is 0 Å². The molecule has 0 radical (unpaired) electrons. The van der Waals surface area contributed by atoms with Gasteiger partial charge in [-0.15, -0.1) is 0 Å². The van der Waals surface area contributed by atoms with Crippen LogP contribution < -0.4 is 5.32 Å². The minimum Gasteiger partial charge on any atom is -0.360 e. The fraction of sp³-hybridized carbons (Fsp3) is 0.700. The van der Waals surface area contributed by atoms with E-state index in [1.54, 1.807) is 13.8 Å². The van der Waals surface area contributed by atoms with Crippen LogP contribution >= 0.6 is 0 Å². The summed E-state index contributed by atoms with van der Waals surface area (Å²) in [4.78, 5) is 0.214. The number of nitrogens with zero attached hydrogens (tertiary/aromatic N) is 2. The molecule has 1 atom stereocenters. The zero-order valence-corrected chi connectivity index (χ0v) is 11.0. The molecule has 1 aromatic heterocycles. The van der Waals surface area contributed by atoms with Crippen LogP contribution in [0, 0.1) is 13.8 Å². The average Bonchev–Trinajstić information content (AvgIpc) is 2.59. The molecule has 0 amide bonds. The molecule has 1 saturated heterocycles. The predicted molar refractivity (Wildman–Crippen MR) is 62.2 cm³/mol. The van der Waals surface area contributed by atoms with E-state index in [1.807, 2.05) is 6.92 Å². The fourth-order valence-corrected chi connectivity index (χ4v) is 4.07. The van der Waals surface area contributed by atoms with Crippen LogP contribution in [0.15, 0.2) is 9.42 Å². The molecule has 0 unspecified atom stereocenters. The molecule has 7 heteroatoms. The number of piperazine rings is 1. The van der Waals surface area contributed by atoms with Gasteiger partial charge in [-0.3, -0.25) is 0 Å². The van der Waals surface area contributed by atoms with Gasteiger partial charge >= 0.3 is 0 Å². The molecule has 0 bridgehead atoms. The standard InChI is InChI=1S/C10H17N3O3S/c1-7-6-11-4-5-13(7)17(14,15)10-8(2)12-16-9(10)3/h7,11H,4-6H2,1-3H3/t7-/m0/s1. The van der Waals surface area contributed by atoms with Crippen LogP contribution in [0.1, 0.15) is 18.4 Å². The smallest absolute Gasteiger partial charge is 0.248 e. The van der Waals surface area contributed by atoms with Gasteiger partial charge in [0.25, 0.3) is 0 Å². The molecule has 1 fully saturated rings. The SMILES string of the molecule is Cc1noc(C)c1S(=O)(=O)N1CCNC[C@@H]1C. The topological polar surface area (TPSA) is 75.4 Å². The lowest BCUT2D eigenvalue weighted by molar-refractivity contribution is 0.283. The molecule has 1 N–H and O–H groups in total. The van der Waals surface area contributed by atoms with Gasteiger partial charge in [0.1, 0.15) is 10.6 Å². The molecule has 0 aliphatic carbocycles. The molecular formula is C10H17N3O3S. The van der Waals surface area contributed by atoms with Gasteiger partial charge in [-0.1, -0.05) is 5.16 Å². The number of sulfonamides is 1. The van der Waals surface area contributed by atoms with E-state index in [0.717, 1.165) is 0 Å². The Morgan fingerprint density at radius 3 is 2.71 bits per heavy atom. The van der Waals surface area contributed by atoms with Crippen LogP contribution in [0.2, 0.25) is 0 Å². The Bertz CT molecular complexity index is 489. The maximum Gasteiger partial charge on any atom is 0.248 e. The Morgan fingerprint density at radius 1 is 1.47 bits per heavy atom. The molecule has 17 heavy (non-hydrogen) atoms. The first-order chi connectivity index (χ1) is 7.94. The maximum atomic E-state index is 12.5. The Hall–Kier alpha value is -0.920. The van der Waals surface area contributed by atoms with E-state index in [4.69, 9.17) is 4.52 Å². The number of hydrogen-bond donors (Lipinski definition) is 1. The average molecular weight is 259 g/mol. The summed E-state index contributed by atoms with van der Waals surface area (Å²) in [5.41, 5.74) is 0.424. The molecular weight excluding hydrogens is 242 g/mol. The number of hydrogen-bond acceptors (Lipinski definition) is 5. The first kappa shape index (κ1) is 12.5. The van der Waals surface area contributed by atoms with Crippen molar-refractivity contribution in [2.45, 2.75) is 31.7 Å². The summed E-state index contributed by atoms with van der Waals surface area (Å²) < 4.78 is 31.4. The third-order valence-electron chi connectivity index (χ3n) is 2.97. The number of aromatic nitrogens is 1. The van der Waals surface area contributed by atoms with Gasteiger partial charge < -0.3 is 9.84 Å². The zero-order chi connectivity index (χ0) is 12.6. The molecule has 1 aliphatic heterocycles. The third-order valence-corrected chi connectivity index (χ3v) is 5.23. The maximum absolute atomic E-state index is 12.5. The second-order valence-corrected chi connectivity index (χ2v) is 6.15. The molecule has 1 aliphatic rings. The Labute approximate surface area is 101 Å². The summed E-state index contributed by atoms with van der Waals surface area (Å²) in [5.74, 6) is 0.355. The minimum absolute atomic E-state index is 0.0533. The zero-order valence-electron chi connectivity index (χ0n) is 10.2. The Morgan fingerprint density at radius 2 is 2.18 bits per heavy atom. The van der Waals surface area contributed by atoms with Crippen LogP contribution in [0.5, 0.6) is 0 Å². The van der Waals surface area contributed by atoms with Crippen LogP contribution in [0.25, 0.3) is 0 Å². The van der Waals surface area contributed by atoms with E-state index in [1.165, 1.54) is 4.31 Å². The lowest BCUT2D eigenvalue weighted by Gasteiger charge is -2.32. The van der Waals surface area contributed by atoms with Crippen molar-refractivity contribution in [2.24, 2.45) is 0 Å². The predicted octanol–water partition coefficient (Wildman–Crippen LogP) is 0.274. The summed E-state index contributed by atoms with van der Waals surface area (Å²) in [6.45, 7) is 6.99. The van der Waals surface area contributed by atoms with Crippen LogP contribution in [-0.2, 0) is 10.0 Å². The highest BCUT2D eigenvalue weighted by Crippen LogP contribution is 2.25. The second kappa shape index (κ2) is 4.40. The van der Waals surface area contributed by atoms with Gasteiger partial charge in [0.05, 0.1) is 0 Å². The third kappa shape index (κ3) is 2.10. The highest BCUT2D eigenvalue weighted by atomic mass is 32.2. The molecule has 0 spiro atoms. The van der Waals surface area contributed by atoms with Gasteiger partial charge in [-0.25, -0.2) is 8.42 Å². The lowest BCUT2D eigenvalue weighted by Crippen LogP contribution is -2.52. The van der Waals surface area contributed by atoms with E-state index >= 15 is 0 Å². The number of rotatable bonds is 2. The van der Waals surface area contributed by atoms with Crippen molar-refractivity contribution in [3.05, 3.63) is 11.5 Å². The van der Waals surface area contributed by atoms with Gasteiger partial charge in [-0.2, -0.15) is 4.31 Å². The van der Waals surface area contributed by atoms with Crippen molar-refractivity contribution in [2.75, 3.05) is 19.6 Å². The molecule has 2 rings (SSSR count). The van der Waals surface area contributed by atoms with E-state index in [0.29, 0.717) is 31.1 Å². The van der Waals surface area contributed by atoms with E-state index in [-0.39, 0.29) is 10.9 Å². The molecule has 1 aromatic rings. The van der Waals surface area contributed by atoms with Crippen molar-refractivity contribution in [1.82, 2.24) is 14.8 Å². The first-order valence-corrected chi connectivity index (χ1v) is 7.04. The summed E-state index contributed by atoms with van der Waals surface area (Å²) in [5, 5.41) is 6.87. The van der Waals surface area contributed by atoms with E-state index < -0.39 is 10.0 Å². The molecule has 2 heterocycles. The molecule has 96 valence electrons. The van der Waals surface area contributed by atoms with Crippen LogP contribution in [0.3, 0.4) is 0 Å². The highest BCUT2D eigenvalue weighted by molar-refractivity contribution is 7.89. The van der Waals surface area contributed by atoms with Crippen molar-refractivity contribution < 1.29 is 12.9 Å². The Balaban J connectivity index is 2.42. The highest BCUT2D eigenvalue weighted by Gasteiger charge is 2.35. The molecule has 0 saturated carbocycles. The number of aryl methyl sites for hydroxylation is 2. The quantitative estimate of drug-likeness (QED) is 0.825. The normalized spacial score (nSPS) is 22.9. The summed E-state index contributed by atoms with van der Waals surface area (Å²) in [6, 6.07) is -0.0533. The fourth-order valence-electron chi connectivity index (χ4n) is 2.14. The van der Waals surface area contributed by atoms with Gasteiger partial charge in [0, 0.05) is 25.7 Å². The summed E-state index contributed by atoms with van der Waals surface area (Å²) >= 11 is 0. The van der Waals surface area contributed by atoms with Gasteiger partial charge in [0.15, 0.2) is 5.76 Å². The van der Waals surface area contributed by atoms with Crippen molar-refractivity contribution >= 4 is 10.0 Å². The number of nitrogens with one attached hydrogen (secondary N) is 1. The molecule has 0 aromatic carbocycles. The van der Waals surface area contributed by atoms with Crippen molar-refractivity contribution in [1.29, 1.82) is 0 Å². The largest absolute Gasteiger partial charge is 0.360 e. The summed E-state index contributed by atoms with van der Waals surface area (Å²) in [7, 11) is -3.49. The van der Waals surface area contributed by atoms with Crippen LogP contribution in [0.4, 0.5) is 0 Å². The van der Waals surface area contributed by atoms with E-state index in [9.17, 15) is 8.42 Å². The van der Waals surface area contributed by atoms with Gasteiger partial charge in [0.2, 0.25) is 10.0 Å².